The van der Waals surface area contributed by atoms with Gasteiger partial charge in [-0.15, -0.1) is 0 Å². The zero-order chi connectivity index (χ0) is 20.7. The SMILES string of the molecule is O=C1NCCc2[nH]c(-c3ccnc(C=Cc4c(F)c(F)c(F)c(F)c4F)c3)cc21. The number of rotatable bonds is 3. The summed E-state index contributed by atoms with van der Waals surface area (Å²) in [6.45, 7) is 0.526. The molecule has 3 aromatic rings. The lowest BCUT2D eigenvalue weighted by Crippen LogP contribution is -2.31. The topological polar surface area (TPSA) is 57.8 Å². The third-order valence-corrected chi connectivity index (χ3v) is 4.56. The molecule has 0 fully saturated rings. The normalized spacial score (nSPS) is 13.6. The number of hydrogen-bond acceptors (Lipinski definition) is 2. The zero-order valence-corrected chi connectivity index (χ0v) is 14.6. The Balaban J connectivity index is 1.68. The smallest absolute Gasteiger partial charge is 0.253 e. The lowest BCUT2D eigenvalue weighted by Gasteiger charge is -2.10. The van der Waals surface area contributed by atoms with E-state index in [4.69, 9.17) is 0 Å². The van der Waals surface area contributed by atoms with Crippen molar-refractivity contribution in [1.29, 1.82) is 0 Å². The van der Waals surface area contributed by atoms with Crippen molar-refractivity contribution in [1.82, 2.24) is 15.3 Å². The van der Waals surface area contributed by atoms with Crippen LogP contribution < -0.4 is 5.32 Å². The second-order valence-corrected chi connectivity index (χ2v) is 6.37. The molecule has 1 amide bonds. The van der Waals surface area contributed by atoms with Crippen molar-refractivity contribution in [3.63, 3.8) is 0 Å². The van der Waals surface area contributed by atoms with Crippen LogP contribution in [0.4, 0.5) is 22.0 Å². The van der Waals surface area contributed by atoms with Gasteiger partial charge in [0.15, 0.2) is 23.3 Å². The molecule has 2 N–H and O–H groups in total. The van der Waals surface area contributed by atoms with Crippen molar-refractivity contribution in [2.45, 2.75) is 6.42 Å². The number of H-pyrrole nitrogens is 1. The first kappa shape index (κ1) is 18.9. The van der Waals surface area contributed by atoms with Crippen LogP contribution in [0.15, 0.2) is 24.4 Å². The summed E-state index contributed by atoms with van der Waals surface area (Å²) in [6, 6.07) is 4.89. The molecule has 4 rings (SSSR count). The molecule has 29 heavy (non-hydrogen) atoms. The van der Waals surface area contributed by atoms with Crippen molar-refractivity contribution in [3.05, 3.63) is 76.0 Å². The van der Waals surface area contributed by atoms with E-state index in [1.54, 1.807) is 18.2 Å². The Morgan fingerprint density at radius 3 is 2.31 bits per heavy atom. The van der Waals surface area contributed by atoms with Crippen molar-refractivity contribution in [2.75, 3.05) is 6.54 Å². The van der Waals surface area contributed by atoms with Gasteiger partial charge < -0.3 is 10.3 Å². The van der Waals surface area contributed by atoms with Crippen molar-refractivity contribution in [2.24, 2.45) is 0 Å². The van der Waals surface area contributed by atoms with Gasteiger partial charge in [0.25, 0.3) is 5.91 Å². The number of benzene rings is 1. The number of halogens is 5. The molecule has 1 aliphatic heterocycles. The van der Waals surface area contributed by atoms with Crippen LogP contribution in [-0.2, 0) is 6.42 Å². The maximum absolute atomic E-state index is 13.8. The average molecular weight is 405 g/mol. The number of fused-ring (bicyclic) bond motifs is 1. The predicted octanol–water partition coefficient (Wildman–Crippen LogP) is 4.23. The second-order valence-electron chi connectivity index (χ2n) is 6.37. The lowest BCUT2D eigenvalue weighted by atomic mass is 10.1. The Labute approximate surface area is 161 Å². The third kappa shape index (κ3) is 3.28. The number of pyridine rings is 1. The van der Waals surface area contributed by atoms with E-state index in [0.717, 1.165) is 17.8 Å². The van der Waals surface area contributed by atoms with E-state index >= 15 is 0 Å². The minimum Gasteiger partial charge on any atom is -0.358 e. The summed E-state index contributed by atoms with van der Waals surface area (Å²) in [5.41, 5.74) is 1.77. The number of carbonyl (C=O) groups excluding carboxylic acids is 1. The fraction of sp³-hybridized carbons (Fsp3) is 0.100. The highest BCUT2D eigenvalue weighted by atomic mass is 19.2. The molecule has 0 aliphatic carbocycles. The molecule has 2 aromatic heterocycles. The Hall–Kier alpha value is -3.49. The molecule has 1 aromatic carbocycles. The first-order valence-electron chi connectivity index (χ1n) is 8.53. The van der Waals surface area contributed by atoms with Gasteiger partial charge in [-0.25, -0.2) is 22.0 Å². The molecule has 0 saturated heterocycles. The van der Waals surface area contributed by atoms with Crippen LogP contribution in [0.5, 0.6) is 0 Å². The first-order chi connectivity index (χ1) is 13.9. The van der Waals surface area contributed by atoms with Crippen molar-refractivity contribution in [3.8, 4) is 11.3 Å². The van der Waals surface area contributed by atoms with E-state index in [9.17, 15) is 26.7 Å². The Morgan fingerprint density at radius 2 is 1.62 bits per heavy atom. The molecule has 4 nitrogen and oxygen atoms in total. The van der Waals surface area contributed by atoms with Gasteiger partial charge in [-0.3, -0.25) is 9.78 Å². The largest absolute Gasteiger partial charge is 0.358 e. The average Bonchev–Trinajstić information content (AvgIpc) is 3.17. The monoisotopic (exact) mass is 405 g/mol. The fourth-order valence-corrected chi connectivity index (χ4v) is 3.09. The van der Waals surface area contributed by atoms with Crippen molar-refractivity contribution < 1.29 is 26.7 Å². The predicted molar refractivity (Wildman–Crippen MR) is 95.2 cm³/mol. The van der Waals surface area contributed by atoms with Crippen LogP contribution in [0.25, 0.3) is 23.4 Å². The van der Waals surface area contributed by atoms with Gasteiger partial charge in [0.05, 0.1) is 16.8 Å². The van der Waals surface area contributed by atoms with Gasteiger partial charge in [0.2, 0.25) is 5.82 Å². The molecule has 0 unspecified atom stereocenters. The van der Waals surface area contributed by atoms with E-state index in [-0.39, 0.29) is 11.6 Å². The van der Waals surface area contributed by atoms with Crippen molar-refractivity contribution >= 4 is 18.1 Å². The first-order valence-corrected chi connectivity index (χ1v) is 8.53. The molecule has 0 atom stereocenters. The van der Waals surface area contributed by atoms with E-state index in [1.807, 2.05) is 0 Å². The molecule has 9 heteroatoms. The van der Waals surface area contributed by atoms with E-state index in [0.29, 0.717) is 29.8 Å². The molecule has 3 heterocycles. The van der Waals surface area contributed by atoms with Gasteiger partial charge >= 0.3 is 0 Å². The summed E-state index contributed by atoms with van der Waals surface area (Å²) in [5.74, 6) is -10.3. The summed E-state index contributed by atoms with van der Waals surface area (Å²) in [5, 5.41) is 2.74. The van der Waals surface area contributed by atoms with E-state index in [2.05, 4.69) is 15.3 Å². The van der Waals surface area contributed by atoms with Crippen LogP contribution >= 0.6 is 0 Å². The zero-order valence-electron chi connectivity index (χ0n) is 14.6. The molecule has 0 radical (unpaired) electrons. The Bertz CT molecular complexity index is 1140. The van der Waals surface area contributed by atoms with Crippen LogP contribution in [0.2, 0.25) is 0 Å². The molecular weight excluding hydrogens is 393 g/mol. The molecule has 1 aliphatic rings. The van der Waals surface area contributed by atoms with Crippen LogP contribution in [-0.4, -0.2) is 22.4 Å². The Morgan fingerprint density at radius 1 is 0.931 bits per heavy atom. The standard InChI is InChI=1S/C20H12F5N3O/c21-15-11(16(22)18(24)19(25)17(15)23)2-1-10-7-9(3-5-26-10)14-8-12-13(28-14)4-6-27-20(12)29/h1-3,5,7-8,28H,4,6H2,(H,27,29). The quantitative estimate of drug-likeness (QED) is 0.389. The highest BCUT2D eigenvalue weighted by molar-refractivity contribution is 5.97. The molecule has 0 saturated carbocycles. The minimum atomic E-state index is -2.21. The summed E-state index contributed by atoms with van der Waals surface area (Å²) < 4.78 is 67.3. The van der Waals surface area contributed by atoms with Gasteiger partial charge in [-0.05, 0) is 30.4 Å². The van der Waals surface area contributed by atoms with Gasteiger partial charge in [-0.1, -0.05) is 0 Å². The summed E-state index contributed by atoms with van der Waals surface area (Å²) in [4.78, 5) is 19.0. The molecule has 148 valence electrons. The lowest BCUT2D eigenvalue weighted by molar-refractivity contribution is 0.0946. The highest BCUT2D eigenvalue weighted by Crippen LogP contribution is 2.26. The minimum absolute atomic E-state index is 0.186. The number of nitrogens with zero attached hydrogens (tertiary/aromatic N) is 1. The highest BCUT2D eigenvalue weighted by Gasteiger charge is 2.24. The number of aromatic amines is 1. The van der Waals surface area contributed by atoms with Gasteiger partial charge in [0, 0.05) is 36.1 Å². The number of nitrogens with one attached hydrogen (secondary N) is 2. The number of aromatic nitrogens is 2. The van der Waals surface area contributed by atoms with E-state index in [1.165, 1.54) is 6.20 Å². The maximum Gasteiger partial charge on any atom is 0.253 e. The second kappa shape index (κ2) is 7.16. The van der Waals surface area contributed by atoms with Gasteiger partial charge in [-0.2, -0.15) is 0 Å². The molecule has 0 spiro atoms. The number of hydrogen-bond donors (Lipinski definition) is 2. The van der Waals surface area contributed by atoms with E-state index < -0.39 is 34.6 Å². The summed E-state index contributed by atoms with van der Waals surface area (Å²) in [6.07, 6.45) is 3.99. The summed E-state index contributed by atoms with van der Waals surface area (Å²) >= 11 is 0. The maximum atomic E-state index is 13.8. The summed E-state index contributed by atoms with van der Waals surface area (Å²) in [7, 11) is 0. The number of carbonyl (C=O) groups is 1. The number of amides is 1. The van der Waals surface area contributed by atoms with Crippen LogP contribution in [0.1, 0.15) is 27.3 Å². The Kier molecular flexibility index (Phi) is 4.65. The van der Waals surface area contributed by atoms with Crippen LogP contribution in [0.3, 0.4) is 0 Å². The fourth-order valence-electron chi connectivity index (χ4n) is 3.09. The van der Waals surface area contributed by atoms with Crippen LogP contribution in [0, 0.1) is 29.1 Å². The molecular formula is C20H12F5N3O. The van der Waals surface area contributed by atoms with Gasteiger partial charge in [0.1, 0.15) is 0 Å². The molecule has 0 bridgehead atoms. The third-order valence-electron chi connectivity index (χ3n) is 4.56.